The Morgan fingerprint density at radius 3 is 2.18 bits per heavy atom. The number of nitrogens with one attached hydrogen (secondary N) is 1. The van der Waals surface area contributed by atoms with Crippen molar-refractivity contribution in [2.45, 2.75) is 40.2 Å². The number of hydrogen-bond donors (Lipinski definition) is 1. The molecule has 0 aromatic heterocycles. The summed E-state index contributed by atoms with van der Waals surface area (Å²) in [6.45, 7) is 10.5. The Balaban J connectivity index is 2.22. The first kappa shape index (κ1) is 22.5. The fourth-order valence-electron chi connectivity index (χ4n) is 3.24. The van der Waals surface area contributed by atoms with Crippen LogP contribution in [0.2, 0.25) is 10.0 Å². The molecule has 4 amide bonds. The number of imide groups is 1. The van der Waals surface area contributed by atoms with Gasteiger partial charge in [0, 0.05) is 13.1 Å². The molecular formula is C20H27Cl2N3O3. The number of halogens is 2. The van der Waals surface area contributed by atoms with Crippen LogP contribution in [0.1, 0.15) is 40.2 Å². The molecule has 1 unspecified atom stereocenters. The summed E-state index contributed by atoms with van der Waals surface area (Å²) in [5, 5.41) is 3.33. The predicted octanol–water partition coefficient (Wildman–Crippen LogP) is 3.90. The lowest BCUT2D eigenvalue weighted by molar-refractivity contribution is -0.139. The molecule has 1 fully saturated rings. The van der Waals surface area contributed by atoms with Gasteiger partial charge in [-0.05, 0) is 36.5 Å². The van der Waals surface area contributed by atoms with Gasteiger partial charge in [-0.15, -0.1) is 0 Å². The van der Waals surface area contributed by atoms with Gasteiger partial charge in [0.15, 0.2) is 0 Å². The Labute approximate surface area is 176 Å². The molecule has 1 aliphatic rings. The van der Waals surface area contributed by atoms with Crippen molar-refractivity contribution < 1.29 is 14.4 Å². The average molecular weight is 428 g/mol. The van der Waals surface area contributed by atoms with Crippen LogP contribution in [-0.2, 0) is 15.1 Å². The molecule has 0 radical (unpaired) electrons. The van der Waals surface area contributed by atoms with Crippen molar-refractivity contribution >= 4 is 41.0 Å². The summed E-state index contributed by atoms with van der Waals surface area (Å²) in [5.41, 5.74) is -0.789. The van der Waals surface area contributed by atoms with Gasteiger partial charge in [0.25, 0.3) is 5.91 Å². The van der Waals surface area contributed by atoms with Crippen molar-refractivity contribution in [3.63, 3.8) is 0 Å². The van der Waals surface area contributed by atoms with E-state index in [0.29, 0.717) is 23.7 Å². The number of urea groups is 1. The maximum Gasteiger partial charge on any atom is 0.325 e. The molecule has 0 saturated carbocycles. The minimum Gasteiger partial charge on any atom is -0.341 e. The second-order valence-electron chi connectivity index (χ2n) is 8.16. The summed E-state index contributed by atoms with van der Waals surface area (Å²) >= 11 is 12.0. The molecule has 1 atom stereocenters. The van der Waals surface area contributed by atoms with E-state index in [9.17, 15) is 14.4 Å². The van der Waals surface area contributed by atoms with E-state index in [-0.39, 0.29) is 29.3 Å². The third kappa shape index (κ3) is 4.78. The van der Waals surface area contributed by atoms with Gasteiger partial charge in [-0.2, -0.15) is 0 Å². The smallest absolute Gasteiger partial charge is 0.325 e. The Bertz CT molecular complexity index is 772. The molecule has 1 heterocycles. The molecule has 0 aliphatic carbocycles. The summed E-state index contributed by atoms with van der Waals surface area (Å²) in [7, 11) is 0. The van der Waals surface area contributed by atoms with Crippen LogP contribution in [0.3, 0.4) is 0 Å². The Hall–Kier alpha value is -1.79. The molecule has 28 heavy (non-hydrogen) atoms. The summed E-state index contributed by atoms with van der Waals surface area (Å²) in [4.78, 5) is 41.0. The molecule has 1 aromatic rings. The largest absolute Gasteiger partial charge is 0.341 e. The highest BCUT2D eigenvalue weighted by molar-refractivity contribution is 6.42. The van der Waals surface area contributed by atoms with E-state index in [0.717, 1.165) is 4.90 Å². The van der Waals surface area contributed by atoms with Crippen LogP contribution in [0.4, 0.5) is 4.79 Å². The van der Waals surface area contributed by atoms with Gasteiger partial charge in [0.05, 0.1) is 10.0 Å². The molecular weight excluding hydrogens is 401 g/mol. The Morgan fingerprint density at radius 2 is 1.68 bits per heavy atom. The van der Waals surface area contributed by atoms with Crippen molar-refractivity contribution in [2.24, 2.45) is 11.8 Å². The number of carbonyl (C=O) groups excluding carboxylic acids is 3. The second kappa shape index (κ2) is 8.70. The van der Waals surface area contributed by atoms with Gasteiger partial charge in [0.2, 0.25) is 5.91 Å². The van der Waals surface area contributed by atoms with Crippen LogP contribution in [0.25, 0.3) is 0 Å². The number of nitrogens with zero attached hydrogens (tertiary/aromatic N) is 2. The van der Waals surface area contributed by atoms with Gasteiger partial charge in [-0.25, -0.2) is 4.79 Å². The number of rotatable bonds is 7. The minimum absolute atomic E-state index is 0.246. The van der Waals surface area contributed by atoms with E-state index in [1.807, 2.05) is 27.7 Å². The predicted molar refractivity (Wildman–Crippen MR) is 110 cm³/mol. The van der Waals surface area contributed by atoms with E-state index in [1.54, 1.807) is 30.0 Å². The molecule has 0 bridgehead atoms. The topological polar surface area (TPSA) is 69.7 Å². The summed E-state index contributed by atoms with van der Waals surface area (Å²) in [5.74, 6) is -0.165. The minimum atomic E-state index is -1.30. The Morgan fingerprint density at radius 1 is 1.11 bits per heavy atom. The van der Waals surface area contributed by atoms with E-state index >= 15 is 0 Å². The van der Waals surface area contributed by atoms with Crippen LogP contribution in [0.5, 0.6) is 0 Å². The van der Waals surface area contributed by atoms with Crippen LogP contribution < -0.4 is 5.32 Å². The summed E-state index contributed by atoms with van der Waals surface area (Å²) < 4.78 is 0. The van der Waals surface area contributed by atoms with Gasteiger partial charge in [-0.1, -0.05) is 57.0 Å². The third-order valence-corrected chi connectivity index (χ3v) is 5.33. The first-order valence-electron chi connectivity index (χ1n) is 9.33. The highest BCUT2D eigenvalue weighted by atomic mass is 35.5. The molecule has 6 nitrogen and oxygen atoms in total. The fourth-order valence-corrected chi connectivity index (χ4v) is 3.54. The van der Waals surface area contributed by atoms with Gasteiger partial charge in [0.1, 0.15) is 12.1 Å². The molecule has 2 rings (SSSR count). The number of benzene rings is 1. The lowest BCUT2D eigenvalue weighted by atomic mass is 9.92. The fraction of sp³-hybridized carbons (Fsp3) is 0.550. The van der Waals surface area contributed by atoms with Crippen LogP contribution in [-0.4, -0.2) is 47.3 Å². The van der Waals surface area contributed by atoms with Crippen molar-refractivity contribution in [1.82, 2.24) is 15.1 Å². The molecule has 1 N–H and O–H groups in total. The molecule has 1 saturated heterocycles. The summed E-state index contributed by atoms with van der Waals surface area (Å²) in [6.07, 6.45) is 0. The van der Waals surface area contributed by atoms with E-state index < -0.39 is 17.5 Å². The third-order valence-electron chi connectivity index (χ3n) is 4.59. The van der Waals surface area contributed by atoms with Crippen LogP contribution in [0, 0.1) is 11.8 Å². The molecule has 8 heteroatoms. The first-order chi connectivity index (χ1) is 13.0. The molecule has 0 spiro atoms. The van der Waals surface area contributed by atoms with Gasteiger partial charge < -0.3 is 10.2 Å². The average Bonchev–Trinajstić information content (AvgIpc) is 2.80. The standard InChI is InChI=1S/C20H27Cl2N3O3/c1-12(2)9-24(10-13(3)4)17(26)11-25-18(27)20(5,23-19(25)28)14-6-7-15(21)16(22)8-14/h6-8,12-13H,9-11H2,1-5H3,(H,23,28). The van der Waals surface area contributed by atoms with Crippen molar-refractivity contribution in [3.05, 3.63) is 33.8 Å². The quantitative estimate of drug-likeness (QED) is 0.670. The zero-order valence-corrected chi connectivity index (χ0v) is 18.4. The maximum absolute atomic E-state index is 13.0. The van der Waals surface area contributed by atoms with Gasteiger partial charge >= 0.3 is 6.03 Å². The summed E-state index contributed by atoms with van der Waals surface area (Å²) in [6, 6.07) is 4.17. The normalized spacial score (nSPS) is 19.5. The van der Waals surface area contributed by atoms with Crippen molar-refractivity contribution in [2.75, 3.05) is 19.6 Å². The van der Waals surface area contributed by atoms with Gasteiger partial charge in [-0.3, -0.25) is 14.5 Å². The van der Waals surface area contributed by atoms with E-state index in [4.69, 9.17) is 23.2 Å². The Kier molecular flexibility index (Phi) is 6.99. The van der Waals surface area contributed by atoms with E-state index in [2.05, 4.69) is 5.32 Å². The number of hydrogen-bond acceptors (Lipinski definition) is 3. The van der Waals surface area contributed by atoms with E-state index in [1.165, 1.54) is 0 Å². The van der Waals surface area contributed by atoms with Crippen LogP contribution in [0.15, 0.2) is 18.2 Å². The number of amides is 4. The highest BCUT2D eigenvalue weighted by Crippen LogP contribution is 2.33. The van der Waals surface area contributed by atoms with Crippen molar-refractivity contribution in [1.29, 1.82) is 0 Å². The molecule has 1 aromatic carbocycles. The zero-order chi connectivity index (χ0) is 21.2. The lowest BCUT2D eigenvalue weighted by Gasteiger charge is -2.28. The van der Waals surface area contributed by atoms with Crippen LogP contribution >= 0.6 is 23.2 Å². The lowest BCUT2D eigenvalue weighted by Crippen LogP contribution is -2.46. The molecule has 1 aliphatic heterocycles. The SMILES string of the molecule is CC(C)CN(CC(C)C)C(=O)CN1C(=O)NC(C)(c2ccc(Cl)c(Cl)c2)C1=O. The second-order valence-corrected chi connectivity index (χ2v) is 8.98. The first-order valence-corrected chi connectivity index (χ1v) is 10.1. The zero-order valence-electron chi connectivity index (χ0n) is 16.9. The van der Waals surface area contributed by atoms with Crippen molar-refractivity contribution in [3.8, 4) is 0 Å². The molecule has 154 valence electrons. The monoisotopic (exact) mass is 427 g/mol. The highest BCUT2D eigenvalue weighted by Gasteiger charge is 2.49. The number of carbonyl (C=O) groups is 3. The maximum atomic E-state index is 13.0.